The number of alkyl halides is 3. The molecule has 1 aliphatic carbocycles. The van der Waals surface area contributed by atoms with Crippen molar-refractivity contribution in [2.45, 2.75) is 25.1 Å². The zero-order valence-corrected chi connectivity index (χ0v) is 20.6. The number of amides is 2. The fourth-order valence-electron chi connectivity index (χ4n) is 3.94. The minimum atomic E-state index is -4.76. The third-order valence-corrected chi connectivity index (χ3v) is 6.01. The maximum atomic E-state index is 12.7. The molecule has 0 unspecified atom stereocenters. The molecule has 2 aromatic heterocycles. The number of carbonyl (C=O) groups excluding carboxylic acids is 1. The Labute approximate surface area is 224 Å². The van der Waals surface area contributed by atoms with Crippen LogP contribution in [0.5, 0.6) is 5.75 Å². The number of aromatic nitrogens is 5. The minimum Gasteiger partial charge on any atom is -0.406 e. The van der Waals surface area contributed by atoms with Crippen molar-refractivity contribution in [3.63, 3.8) is 0 Å². The molecule has 2 heterocycles. The summed E-state index contributed by atoms with van der Waals surface area (Å²) < 4.78 is 47.8. The van der Waals surface area contributed by atoms with Crippen LogP contribution in [0.4, 0.5) is 29.3 Å². The van der Waals surface area contributed by atoms with Gasteiger partial charge in [0.05, 0.1) is 11.4 Å². The van der Waals surface area contributed by atoms with E-state index >= 15 is 0 Å². The van der Waals surface area contributed by atoms with E-state index < -0.39 is 12.4 Å². The zero-order valence-electron chi connectivity index (χ0n) is 20.6. The Morgan fingerprint density at radius 3 is 2.42 bits per heavy atom. The number of ether oxygens (including phenoxy) is 1. The average Bonchev–Trinajstić information content (AvgIpc) is 3.45. The molecule has 0 atom stereocenters. The fraction of sp³-hybridized carbons (Fsp3) is 0.148. The quantitative estimate of drug-likeness (QED) is 0.242. The lowest BCUT2D eigenvalue weighted by atomic mass is 10.1. The fourth-order valence-corrected chi connectivity index (χ4v) is 3.94. The van der Waals surface area contributed by atoms with E-state index in [4.69, 9.17) is 4.52 Å². The third kappa shape index (κ3) is 5.77. The van der Waals surface area contributed by atoms with Gasteiger partial charge in [0.15, 0.2) is 5.82 Å². The summed E-state index contributed by atoms with van der Waals surface area (Å²) in [5, 5.41) is 14.0. The molecular formula is C27H20F3N7O3. The maximum Gasteiger partial charge on any atom is 0.573 e. The second kappa shape index (κ2) is 10.2. The van der Waals surface area contributed by atoms with E-state index in [1.165, 1.54) is 35.3 Å². The number of rotatable bonds is 7. The van der Waals surface area contributed by atoms with Gasteiger partial charge < -0.3 is 19.9 Å². The number of nitrogens with zero attached hydrogens (tertiary/aromatic N) is 5. The van der Waals surface area contributed by atoms with Crippen molar-refractivity contribution in [2.24, 2.45) is 0 Å². The van der Waals surface area contributed by atoms with Gasteiger partial charge in [0.2, 0.25) is 11.7 Å². The molecule has 40 heavy (non-hydrogen) atoms. The molecule has 2 amide bonds. The summed E-state index contributed by atoms with van der Waals surface area (Å²) in [6.45, 7) is 0. The normalized spacial score (nSPS) is 13.2. The molecule has 0 aliphatic heterocycles. The van der Waals surface area contributed by atoms with Gasteiger partial charge in [-0.05, 0) is 73.5 Å². The molecule has 202 valence electrons. The van der Waals surface area contributed by atoms with Crippen molar-refractivity contribution in [3.8, 4) is 34.2 Å². The summed E-state index contributed by atoms with van der Waals surface area (Å²) in [7, 11) is 0. The Kier molecular flexibility index (Phi) is 6.38. The van der Waals surface area contributed by atoms with Crippen molar-refractivity contribution < 1.29 is 27.2 Å². The molecule has 1 fully saturated rings. The Bertz CT molecular complexity index is 1640. The predicted octanol–water partition coefficient (Wildman–Crippen LogP) is 6.40. The van der Waals surface area contributed by atoms with Crippen molar-refractivity contribution in [1.29, 1.82) is 0 Å². The number of benzene rings is 3. The van der Waals surface area contributed by atoms with Gasteiger partial charge in [-0.3, -0.25) is 0 Å². The Balaban J connectivity index is 1.09. The first kappa shape index (κ1) is 25.1. The van der Waals surface area contributed by atoms with Crippen LogP contribution in [0.2, 0.25) is 0 Å². The van der Waals surface area contributed by atoms with Crippen LogP contribution in [0.3, 0.4) is 0 Å². The van der Waals surface area contributed by atoms with Gasteiger partial charge in [-0.2, -0.15) is 4.98 Å². The molecule has 2 N–H and O–H groups in total. The molecule has 1 aliphatic rings. The first-order chi connectivity index (χ1) is 19.3. The Morgan fingerprint density at radius 2 is 1.70 bits per heavy atom. The summed E-state index contributed by atoms with van der Waals surface area (Å²) in [5.74, 6) is 1.42. The van der Waals surface area contributed by atoms with E-state index in [0.717, 1.165) is 12.8 Å². The van der Waals surface area contributed by atoms with Crippen molar-refractivity contribution in [2.75, 3.05) is 10.6 Å². The molecule has 0 spiro atoms. The maximum absolute atomic E-state index is 12.7. The topological polar surface area (TPSA) is 120 Å². The highest BCUT2D eigenvalue weighted by atomic mass is 19.4. The van der Waals surface area contributed by atoms with Gasteiger partial charge in [0.1, 0.15) is 12.1 Å². The van der Waals surface area contributed by atoms with E-state index in [9.17, 15) is 18.0 Å². The number of para-hydroxylation sites is 1. The first-order valence-electron chi connectivity index (χ1n) is 12.2. The van der Waals surface area contributed by atoms with E-state index in [-0.39, 0.29) is 5.75 Å². The molecule has 0 saturated heterocycles. The van der Waals surface area contributed by atoms with E-state index in [1.54, 1.807) is 36.4 Å². The summed E-state index contributed by atoms with van der Waals surface area (Å²) in [6.07, 6.45) is -1.23. The number of nitrogens with one attached hydrogen (secondary N) is 2. The van der Waals surface area contributed by atoms with Crippen LogP contribution < -0.4 is 15.4 Å². The second-order valence-corrected chi connectivity index (χ2v) is 8.99. The number of anilines is 2. The van der Waals surface area contributed by atoms with Crippen LogP contribution in [0, 0.1) is 0 Å². The number of urea groups is 1. The van der Waals surface area contributed by atoms with E-state index in [1.807, 2.05) is 12.1 Å². The highest BCUT2D eigenvalue weighted by Gasteiger charge is 2.31. The lowest BCUT2D eigenvalue weighted by Crippen LogP contribution is -2.19. The first-order valence-corrected chi connectivity index (χ1v) is 12.2. The third-order valence-electron chi connectivity index (χ3n) is 6.01. The largest absolute Gasteiger partial charge is 0.573 e. The van der Waals surface area contributed by atoms with Gasteiger partial charge in [-0.1, -0.05) is 17.3 Å². The minimum absolute atomic E-state index is 0.324. The molecule has 0 bridgehead atoms. The molecule has 3 aromatic carbocycles. The second-order valence-electron chi connectivity index (χ2n) is 8.99. The highest BCUT2D eigenvalue weighted by molar-refractivity contribution is 6.02. The zero-order chi connectivity index (χ0) is 27.7. The lowest BCUT2D eigenvalue weighted by Gasteiger charge is -2.10. The van der Waals surface area contributed by atoms with Crippen LogP contribution in [0.15, 0.2) is 83.6 Å². The monoisotopic (exact) mass is 547 g/mol. The molecule has 13 heteroatoms. The van der Waals surface area contributed by atoms with Gasteiger partial charge in [0.25, 0.3) is 0 Å². The van der Waals surface area contributed by atoms with Crippen LogP contribution in [0.25, 0.3) is 28.5 Å². The van der Waals surface area contributed by atoms with Crippen molar-refractivity contribution in [3.05, 3.63) is 85.0 Å². The van der Waals surface area contributed by atoms with Gasteiger partial charge in [-0.15, -0.1) is 18.3 Å². The SMILES string of the molecule is O=C(Nc1ccc(-c2ncn(-c3ccc(OC(F)(F)F)cc3)n2)cc1)Nc1ccccc1-c1noc(C2CC2)n1. The van der Waals surface area contributed by atoms with Gasteiger partial charge in [0, 0.05) is 22.7 Å². The van der Waals surface area contributed by atoms with E-state index in [2.05, 4.69) is 35.6 Å². The molecule has 5 aromatic rings. The smallest absolute Gasteiger partial charge is 0.406 e. The predicted molar refractivity (Wildman–Crippen MR) is 138 cm³/mol. The van der Waals surface area contributed by atoms with Gasteiger partial charge >= 0.3 is 12.4 Å². The van der Waals surface area contributed by atoms with Crippen molar-refractivity contribution in [1.82, 2.24) is 24.9 Å². The summed E-state index contributed by atoms with van der Waals surface area (Å²) in [6, 6.07) is 18.9. The number of halogens is 3. The average molecular weight is 547 g/mol. The summed E-state index contributed by atoms with van der Waals surface area (Å²) in [5.41, 5.74) is 2.90. The lowest BCUT2D eigenvalue weighted by molar-refractivity contribution is -0.274. The van der Waals surface area contributed by atoms with Crippen LogP contribution in [-0.2, 0) is 0 Å². The van der Waals surface area contributed by atoms with Crippen LogP contribution in [-0.4, -0.2) is 37.3 Å². The van der Waals surface area contributed by atoms with Crippen LogP contribution in [0.1, 0.15) is 24.7 Å². The molecule has 1 saturated carbocycles. The van der Waals surface area contributed by atoms with Gasteiger partial charge in [-0.25, -0.2) is 14.5 Å². The summed E-state index contributed by atoms with van der Waals surface area (Å²) in [4.78, 5) is 21.4. The van der Waals surface area contributed by atoms with E-state index in [0.29, 0.717) is 51.6 Å². The van der Waals surface area contributed by atoms with Crippen molar-refractivity contribution >= 4 is 17.4 Å². The standard InChI is InChI=1S/C27H20F3N7O3/c28-27(29,30)39-20-13-11-19(12-14-20)37-15-31-23(35-37)16-7-9-18(10-8-16)32-26(38)33-22-4-2-1-3-21(22)24-34-25(40-36-24)17-5-6-17/h1-4,7-15,17H,5-6H2,(H2,32,33,38). The highest BCUT2D eigenvalue weighted by Crippen LogP contribution is 2.40. The molecule has 10 nitrogen and oxygen atoms in total. The number of hydrogen-bond donors (Lipinski definition) is 2. The molecule has 6 rings (SSSR count). The molecular weight excluding hydrogens is 527 g/mol. The Hall–Kier alpha value is -5.20. The van der Waals surface area contributed by atoms with Crippen LogP contribution >= 0.6 is 0 Å². The number of hydrogen-bond acceptors (Lipinski definition) is 7. The summed E-state index contributed by atoms with van der Waals surface area (Å²) >= 11 is 0. The number of carbonyl (C=O) groups is 1. The Morgan fingerprint density at radius 1 is 0.950 bits per heavy atom. The molecule has 0 radical (unpaired) electrons.